The Kier molecular flexibility index (Phi) is 3.05. The highest BCUT2D eigenvalue weighted by atomic mass is 16.7. The van der Waals surface area contributed by atoms with Crippen LogP contribution in [0.4, 0.5) is 23.0 Å². The molecule has 0 radical (unpaired) electrons. The molecule has 0 fully saturated rings. The first-order valence-corrected chi connectivity index (χ1v) is 8.68. The van der Waals surface area contributed by atoms with Gasteiger partial charge in [-0.1, -0.05) is 0 Å². The first-order chi connectivity index (χ1) is 14.2. The predicted octanol–water partition coefficient (Wildman–Crippen LogP) is 1.86. The van der Waals surface area contributed by atoms with Gasteiger partial charge in [-0.05, 0) is 34.6 Å². The second-order valence-electron chi connectivity index (χ2n) is 6.43. The van der Waals surface area contributed by atoms with E-state index in [2.05, 4.69) is 10.3 Å². The maximum Gasteiger partial charge on any atom is 0.231 e. The van der Waals surface area contributed by atoms with Crippen LogP contribution in [-0.2, 0) is 0 Å². The quantitative estimate of drug-likeness (QED) is 0.659. The average Bonchev–Trinajstić information content (AvgIpc) is 3.48. The van der Waals surface area contributed by atoms with Gasteiger partial charge in [0.25, 0.3) is 0 Å². The minimum absolute atomic E-state index is 0.168. The number of aromatic nitrogens is 2. The predicted molar refractivity (Wildman–Crippen MR) is 99.1 cm³/mol. The third kappa shape index (κ3) is 2.18. The molecule has 3 aromatic rings. The summed E-state index contributed by atoms with van der Waals surface area (Å²) in [5.41, 5.74) is 14.2. The fraction of sp³-hybridized carbons (Fsp3) is 0.111. The Morgan fingerprint density at radius 1 is 0.655 bits per heavy atom. The third-order valence-electron chi connectivity index (χ3n) is 4.85. The van der Waals surface area contributed by atoms with E-state index in [-0.39, 0.29) is 25.2 Å². The van der Waals surface area contributed by atoms with Gasteiger partial charge in [0, 0.05) is 12.1 Å². The van der Waals surface area contributed by atoms with Gasteiger partial charge < -0.3 is 30.4 Å². The smallest absolute Gasteiger partial charge is 0.231 e. The van der Waals surface area contributed by atoms with E-state index in [9.17, 15) is 0 Å². The van der Waals surface area contributed by atoms with Gasteiger partial charge in [-0.2, -0.15) is 0 Å². The zero-order valence-electron chi connectivity index (χ0n) is 14.9. The van der Waals surface area contributed by atoms with Gasteiger partial charge in [-0.15, -0.1) is 0 Å². The second kappa shape index (κ2) is 5.61. The molecule has 0 spiro atoms. The van der Waals surface area contributed by atoms with Crippen molar-refractivity contribution in [3.63, 3.8) is 0 Å². The number of hydrogen-bond acceptors (Lipinski definition) is 11. The lowest BCUT2D eigenvalue weighted by Gasteiger charge is -2.34. The van der Waals surface area contributed by atoms with Crippen molar-refractivity contribution in [3.8, 4) is 23.0 Å². The highest BCUT2D eigenvalue weighted by Gasteiger charge is 2.36. The molecule has 0 saturated carbocycles. The molecular weight excluding hydrogens is 380 g/mol. The summed E-state index contributed by atoms with van der Waals surface area (Å²) in [7, 11) is 0. The van der Waals surface area contributed by atoms with Crippen LogP contribution in [0.2, 0.25) is 0 Å². The molecule has 6 rings (SSSR count). The highest BCUT2D eigenvalue weighted by molar-refractivity contribution is 5.84. The number of hydrogen-bond donors (Lipinski definition) is 2. The van der Waals surface area contributed by atoms with Crippen molar-refractivity contribution in [2.75, 3.05) is 23.4 Å². The number of fused-ring (bicyclic) bond motifs is 3. The van der Waals surface area contributed by atoms with E-state index in [1.54, 1.807) is 34.1 Å². The minimum atomic E-state index is 0.168. The van der Waals surface area contributed by atoms with Crippen molar-refractivity contribution in [3.05, 3.63) is 48.0 Å². The van der Waals surface area contributed by atoms with Crippen LogP contribution in [0, 0.1) is 0 Å². The summed E-state index contributed by atoms with van der Waals surface area (Å²) in [6.07, 6.45) is 0. The Labute approximate surface area is 163 Å². The molecule has 0 atom stereocenters. The van der Waals surface area contributed by atoms with Crippen LogP contribution in [0.25, 0.3) is 0 Å². The second-order valence-corrected chi connectivity index (χ2v) is 6.43. The van der Waals surface area contributed by atoms with Crippen molar-refractivity contribution in [1.82, 2.24) is 10.3 Å². The molecule has 1 aromatic heterocycles. The number of rotatable bonds is 2. The van der Waals surface area contributed by atoms with Crippen LogP contribution in [0.3, 0.4) is 0 Å². The lowest BCUT2D eigenvalue weighted by Crippen LogP contribution is -2.38. The molecular formula is C18H14N6O5. The third-order valence-corrected chi connectivity index (χ3v) is 4.85. The van der Waals surface area contributed by atoms with E-state index in [0.717, 1.165) is 0 Å². The van der Waals surface area contributed by atoms with Crippen molar-refractivity contribution >= 4 is 23.0 Å². The van der Waals surface area contributed by atoms with Gasteiger partial charge in [0.1, 0.15) is 0 Å². The molecule has 146 valence electrons. The Hall–Kier alpha value is -4.28. The molecule has 0 amide bonds. The average molecular weight is 394 g/mol. The molecule has 0 saturated heterocycles. The minimum Gasteiger partial charge on any atom is -0.454 e. The molecule has 0 bridgehead atoms. The Balaban J connectivity index is 1.48. The largest absolute Gasteiger partial charge is 0.454 e. The highest BCUT2D eigenvalue weighted by Crippen LogP contribution is 2.46. The molecule has 0 unspecified atom stereocenters. The van der Waals surface area contributed by atoms with Crippen molar-refractivity contribution in [2.24, 2.45) is 11.5 Å². The molecule has 0 aliphatic carbocycles. The van der Waals surface area contributed by atoms with Crippen LogP contribution in [0.1, 0.15) is 0 Å². The van der Waals surface area contributed by atoms with Gasteiger partial charge in [0.15, 0.2) is 34.6 Å². The van der Waals surface area contributed by atoms with E-state index in [1.807, 2.05) is 12.1 Å². The SMILES string of the molecule is NC1=C(N)N(c2ccc3c(c2)OCO3)c2nonc2N1c1ccc2c(c1)OCO2. The topological polar surface area (TPSA) is 134 Å². The fourth-order valence-electron chi connectivity index (χ4n) is 3.49. The van der Waals surface area contributed by atoms with Gasteiger partial charge in [-0.25, -0.2) is 4.63 Å². The number of benzene rings is 2. The van der Waals surface area contributed by atoms with Crippen LogP contribution in [-0.4, -0.2) is 23.9 Å². The van der Waals surface area contributed by atoms with Crippen LogP contribution in [0.15, 0.2) is 52.7 Å². The first-order valence-electron chi connectivity index (χ1n) is 8.68. The lowest BCUT2D eigenvalue weighted by atomic mass is 10.2. The van der Waals surface area contributed by atoms with E-state index >= 15 is 0 Å². The Morgan fingerprint density at radius 2 is 1.10 bits per heavy atom. The number of anilines is 4. The summed E-state index contributed by atoms with van der Waals surface area (Å²) in [6.45, 7) is 0.335. The first kappa shape index (κ1) is 15.7. The zero-order chi connectivity index (χ0) is 19.5. The summed E-state index contributed by atoms with van der Waals surface area (Å²) in [5.74, 6) is 3.79. The van der Waals surface area contributed by atoms with E-state index in [1.165, 1.54) is 0 Å². The molecule has 29 heavy (non-hydrogen) atoms. The van der Waals surface area contributed by atoms with Gasteiger partial charge in [0.05, 0.1) is 11.4 Å². The van der Waals surface area contributed by atoms with Gasteiger partial charge >= 0.3 is 0 Å². The molecule has 4 heterocycles. The van der Waals surface area contributed by atoms with Crippen molar-refractivity contribution < 1.29 is 23.6 Å². The normalized spacial score (nSPS) is 16.4. The van der Waals surface area contributed by atoms with Gasteiger partial charge in [0.2, 0.25) is 25.2 Å². The standard InChI is InChI=1S/C18H14N6O5/c19-15-16(20)24(10-2-4-12-14(6-10)28-8-26-12)18-17(21-29-22-18)23(15)9-1-3-11-13(5-9)27-7-25-11/h1-6H,7-8,19-20H2. The molecule has 4 N–H and O–H groups in total. The maximum absolute atomic E-state index is 6.42. The van der Waals surface area contributed by atoms with E-state index in [0.29, 0.717) is 46.0 Å². The number of nitrogens with two attached hydrogens (primary N) is 2. The van der Waals surface area contributed by atoms with Crippen LogP contribution in [0.5, 0.6) is 23.0 Å². The lowest BCUT2D eigenvalue weighted by molar-refractivity contribution is 0.173. The number of nitrogens with zero attached hydrogens (tertiary/aromatic N) is 4. The van der Waals surface area contributed by atoms with Crippen molar-refractivity contribution in [2.45, 2.75) is 0 Å². The van der Waals surface area contributed by atoms with E-state index in [4.69, 9.17) is 35.0 Å². The molecule has 11 heteroatoms. The van der Waals surface area contributed by atoms with Crippen LogP contribution >= 0.6 is 0 Å². The van der Waals surface area contributed by atoms with E-state index < -0.39 is 0 Å². The molecule has 3 aliphatic heterocycles. The fourth-order valence-corrected chi connectivity index (χ4v) is 3.49. The zero-order valence-corrected chi connectivity index (χ0v) is 14.9. The Bertz CT molecular complexity index is 1090. The summed E-state index contributed by atoms with van der Waals surface area (Å²) < 4.78 is 26.7. The van der Waals surface area contributed by atoms with Crippen molar-refractivity contribution in [1.29, 1.82) is 0 Å². The Morgan fingerprint density at radius 3 is 1.59 bits per heavy atom. The summed E-state index contributed by atoms with van der Waals surface area (Å²) in [6, 6.07) is 10.8. The maximum atomic E-state index is 6.42. The monoisotopic (exact) mass is 394 g/mol. The molecule has 3 aliphatic rings. The number of ether oxygens (including phenoxy) is 4. The molecule has 2 aromatic carbocycles. The summed E-state index contributed by atoms with van der Waals surface area (Å²) in [5, 5.41) is 8.08. The summed E-state index contributed by atoms with van der Waals surface area (Å²) in [4.78, 5) is 3.29. The van der Waals surface area contributed by atoms with Gasteiger partial charge in [-0.3, -0.25) is 9.80 Å². The molecule has 11 nitrogen and oxygen atoms in total. The van der Waals surface area contributed by atoms with Crippen LogP contribution < -0.4 is 40.2 Å². The summed E-state index contributed by atoms with van der Waals surface area (Å²) >= 11 is 0.